The van der Waals surface area contributed by atoms with Gasteiger partial charge in [-0.15, -0.1) is 0 Å². The molecular formula is C12H11ClN2O3. The molecule has 0 fully saturated rings. The number of benzene rings is 1. The molecule has 1 heterocycles. The van der Waals surface area contributed by atoms with Gasteiger partial charge in [0.1, 0.15) is 0 Å². The topological polar surface area (TPSA) is 68.3 Å². The Morgan fingerprint density at radius 1 is 1.33 bits per heavy atom. The summed E-state index contributed by atoms with van der Waals surface area (Å²) in [6.45, 7) is 0.143. The van der Waals surface area contributed by atoms with Crippen LogP contribution in [0, 0.1) is 10.1 Å². The summed E-state index contributed by atoms with van der Waals surface area (Å²) in [5.41, 5.74) is 1.11. The molecule has 0 saturated carbocycles. The minimum absolute atomic E-state index is 0.0138. The van der Waals surface area contributed by atoms with Gasteiger partial charge in [-0.05, 0) is 18.2 Å². The molecule has 0 aliphatic rings. The molecule has 94 valence electrons. The van der Waals surface area contributed by atoms with Crippen LogP contribution < -0.4 is 0 Å². The van der Waals surface area contributed by atoms with E-state index in [4.69, 9.17) is 16.7 Å². The minimum Gasteiger partial charge on any atom is -0.390 e. The Bertz CT molecular complexity index is 580. The first-order chi connectivity index (χ1) is 8.63. The molecule has 0 aliphatic carbocycles. The van der Waals surface area contributed by atoms with Crippen molar-refractivity contribution in [3.8, 4) is 0 Å². The first-order valence-corrected chi connectivity index (χ1v) is 5.68. The van der Waals surface area contributed by atoms with Crippen molar-refractivity contribution in [2.45, 2.75) is 13.2 Å². The molecule has 0 spiro atoms. The van der Waals surface area contributed by atoms with Gasteiger partial charge in [-0.25, -0.2) is 0 Å². The molecule has 1 aromatic carbocycles. The van der Waals surface area contributed by atoms with Crippen LogP contribution in [0.15, 0.2) is 36.5 Å². The van der Waals surface area contributed by atoms with Gasteiger partial charge in [-0.3, -0.25) is 10.1 Å². The molecule has 0 bridgehead atoms. The molecule has 18 heavy (non-hydrogen) atoms. The highest BCUT2D eigenvalue weighted by atomic mass is 35.5. The Labute approximate surface area is 108 Å². The van der Waals surface area contributed by atoms with Crippen LogP contribution in [0.4, 0.5) is 5.69 Å². The van der Waals surface area contributed by atoms with Crippen LogP contribution in [0.5, 0.6) is 0 Å². The number of nitro benzene ring substituents is 1. The van der Waals surface area contributed by atoms with E-state index in [0.29, 0.717) is 16.3 Å². The van der Waals surface area contributed by atoms with Crippen molar-refractivity contribution in [1.82, 2.24) is 4.57 Å². The van der Waals surface area contributed by atoms with Crippen molar-refractivity contribution in [3.63, 3.8) is 0 Å². The molecule has 6 heteroatoms. The third-order valence-corrected chi connectivity index (χ3v) is 3.06. The molecular weight excluding hydrogens is 256 g/mol. The zero-order valence-electron chi connectivity index (χ0n) is 9.41. The van der Waals surface area contributed by atoms with Gasteiger partial charge in [0.15, 0.2) is 0 Å². The molecule has 2 aromatic rings. The monoisotopic (exact) mass is 266 g/mol. The van der Waals surface area contributed by atoms with E-state index in [2.05, 4.69) is 0 Å². The van der Waals surface area contributed by atoms with Crippen LogP contribution in [0.3, 0.4) is 0 Å². The van der Waals surface area contributed by atoms with Crippen LogP contribution in [0.25, 0.3) is 0 Å². The Morgan fingerprint density at radius 2 is 2.11 bits per heavy atom. The quantitative estimate of drug-likeness (QED) is 0.683. The van der Waals surface area contributed by atoms with Crippen LogP contribution in [-0.4, -0.2) is 14.6 Å². The number of nitro groups is 1. The van der Waals surface area contributed by atoms with Gasteiger partial charge >= 0.3 is 0 Å². The van der Waals surface area contributed by atoms with E-state index in [1.165, 1.54) is 6.07 Å². The normalized spacial score (nSPS) is 10.6. The number of aliphatic hydroxyl groups excluding tert-OH is 1. The molecule has 0 atom stereocenters. The lowest BCUT2D eigenvalue weighted by molar-refractivity contribution is -0.385. The maximum Gasteiger partial charge on any atom is 0.275 e. The lowest BCUT2D eigenvalue weighted by atomic mass is 10.1. The molecule has 0 saturated heterocycles. The van der Waals surface area contributed by atoms with Gasteiger partial charge in [-0.1, -0.05) is 17.7 Å². The fourth-order valence-electron chi connectivity index (χ4n) is 1.79. The van der Waals surface area contributed by atoms with Crippen molar-refractivity contribution >= 4 is 17.3 Å². The van der Waals surface area contributed by atoms with Crippen molar-refractivity contribution in [2.24, 2.45) is 0 Å². The van der Waals surface area contributed by atoms with E-state index >= 15 is 0 Å². The maximum atomic E-state index is 10.9. The largest absolute Gasteiger partial charge is 0.390 e. The molecule has 5 nitrogen and oxygen atoms in total. The van der Waals surface area contributed by atoms with Gasteiger partial charge < -0.3 is 9.67 Å². The number of rotatable bonds is 4. The molecule has 0 amide bonds. The highest BCUT2D eigenvalue weighted by Gasteiger charge is 2.17. The predicted octanol–water partition coefficient (Wildman–Crippen LogP) is 2.59. The van der Waals surface area contributed by atoms with Crippen molar-refractivity contribution in [3.05, 3.63) is 62.9 Å². The molecule has 1 aromatic heterocycles. The van der Waals surface area contributed by atoms with E-state index in [0.717, 1.165) is 0 Å². The molecule has 0 radical (unpaired) electrons. The van der Waals surface area contributed by atoms with E-state index in [-0.39, 0.29) is 18.8 Å². The maximum absolute atomic E-state index is 10.9. The SMILES string of the molecule is O=[N+]([O-])c1cccc(Cl)c1Cn1cccc1CO. The van der Waals surface area contributed by atoms with Crippen LogP contribution in [0.2, 0.25) is 5.02 Å². The van der Waals surface area contributed by atoms with Crippen molar-refractivity contribution in [1.29, 1.82) is 0 Å². The smallest absolute Gasteiger partial charge is 0.275 e. The fourth-order valence-corrected chi connectivity index (χ4v) is 2.02. The summed E-state index contributed by atoms with van der Waals surface area (Å²) in [5.74, 6) is 0. The summed E-state index contributed by atoms with van der Waals surface area (Å²) in [4.78, 5) is 10.5. The third-order valence-electron chi connectivity index (χ3n) is 2.70. The van der Waals surface area contributed by atoms with Crippen LogP contribution in [-0.2, 0) is 13.2 Å². The second-order valence-corrected chi connectivity index (χ2v) is 4.19. The minimum atomic E-state index is -0.455. The summed E-state index contributed by atoms with van der Waals surface area (Å²) in [7, 11) is 0. The summed E-state index contributed by atoms with van der Waals surface area (Å²) in [5, 5.41) is 20.4. The second-order valence-electron chi connectivity index (χ2n) is 3.78. The molecule has 1 N–H and O–H groups in total. The van der Waals surface area contributed by atoms with Gasteiger partial charge in [0, 0.05) is 18.0 Å². The second kappa shape index (κ2) is 5.20. The highest BCUT2D eigenvalue weighted by Crippen LogP contribution is 2.27. The Morgan fingerprint density at radius 3 is 2.78 bits per heavy atom. The van der Waals surface area contributed by atoms with E-state index in [1.54, 1.807) is 35.0 Å². The number of hydrogen-bond donors (Lipinski definition) is 1. The van der Waals surface area contributed by atoms with Gasteiger partial charge in [-0.2, -0.15) is 0 Å². The summed E-state index contributed by atoms with van der Waals surface area (Å²) >= 11 is 6.01. The first kappa shape index (κ1) is 12.6. The predicted molar refractivity (Wildman–Crippen MR) is 67.6 cm³/mol. The van der Waals surface area contributed by atoms with Crippen LogP contribution in [0.1, 0.15) is 11.3 Å². The van der Waals surface area contributed by atoms with Crippen molar-refractivity contribution < 1.29 is 10.0 Å². The molecule has 0 unspecified atom stereocenters. The van der Waals surface area contributed by atoms with E-state index in [1.807, 2.05) is 0 Å². The van der Waals surface area contributed by atoms with Crippen LogP contribution >= 0.6 is 11.6 Å². The zero-order valence-corrected chi connectivity index (χ0v) is 10.2. The standard InChI is InChI=1S/C12H11ClN2O3/c13-11-4-1-5-12(15(17)18)10(11)7-14-6-2-3-9(14)8-16/h1-6,16H,7-8H2. The Hall–Kier alpha value is -1.85. The average Bonchev–Trinajstić information content (AvgIpc) is 2.78. The number of aromatic nitrogens is 1. The number of hydrogen-bond acceptors (Lipinski definition) is 3. The summed E-state index contributed by atoms with van der Waals surface area (Å²) < 4.78 is 1.73. The molecule has 0 aliphatic heterocycles. The summed E-state index contributed by atoms with van der Waals surface area (Å²) in [6, 6.07) is 8.11. The zero-order chi connectivity index (χ0) is 13.1. The Balaban J connectivity index is 2.42. The summed E-state index contributed by atoms with van der Waals surface area (Å²) in [6.07, 6.45) is 1.75. The van der Waals surface area contributed by atoms with E-state index in [9.17, 15) is 10.1 Å². The van der Waals surface area contributed by atoms with Crippen molar-refractivity contribution in [2.75, 3.05) is 0 Å². The highest BCUT2D eigenvalue weighted by molar-refractivity contribution is 6.31. The lowest BCUT2D eigenvalue weighted by Crippen LogP contribution is -2.06. The van der Waals surface area contributed by atoms with Gasteiger partial charge in [0.05, 0.1) is 28.7 Å². The fraction of sp³-hybridized carbons (Fsp3) is 0.167. The number of nitrogens with zero attached hydrogens (tertiary/aromatic N) is 2. The van der Waals surface area contributed by atoms with Gasteiger partial charge in [0.25, 0.3) is 5.69 Å². The van der Waals surface area contributed by atoms with E-state index < -0.39 is 4.92 Å². The number of halogens is 1. The molecule has 2 rings (SSSR count). The van der Waals surface area contributed by atoms with Gasteiger partial charge in [0.2, 0.25) is 0 Å². The Kier molecular flexibility index (Phi) is 3.64. The first-order valence-electron chi connectivity index (χ1n) is 5.30. The number of aliphatic hydroxyl groups is 1. The average molecular weight is 267 g/mol. The lowest BCUT2D eigenvalue weighted by Gasteiger charge is -2.09. The third kappa shape index (κ3) is 2.37.